The Bertz CT molecular complexity index is 1350. The minimum atomic E-state index is -0.0392. The second-order valence-corrected chi connectivity index (χ2v) is 12.1. The molecule has 37 heavy (non-hydrogen) atoms. The third-order valence-electron chi connectivity index (χ3n) is 9.10. The normalized spacial score (nSPS) is 22.0. The average Bonchev–Trinajstić information content (AvgIpc) is 3.40. The Balaban J connectivity index is 1.34. The molecule has 0 aliphatic carbocycles. The number of rotatable bonds is 6. The highest BCUT2D eigenvalue weighted by molar-refractivity contribution is 5.75. The third-order valence-corrected chi connectivity index (χ3v) is 9.10. The summed E-state index contributed by atoms with van der Waals surface area (Å²) in [4.78, 5) is 5.01. The van der Waals surface area contributed by atoms with Gasteiger partial charge in [0.25, 0.3) is 0 Å². The van der Waals surface area contributed by atoms with Crippen LogP contribution in [0.25, 0.3) is 0 Å². The molecular weight excluding hydrogens is 452 g/mol. The molecule has 0 spiro atoms. The van der Waals surface area contributed by atoms with Gasteiger partial charge in [-0.1, -0.05) is 82.3 Å². The summed E-state index contributed by atoms with van der Waals surface area (Å²) in [7, 11) is 0. The molecule has 0 radical (unpaired) electrons. The molecular formula is C34H40N2O. The molecule has 2 aromatic rings. The van der Waals surface area contributed by atoms with Crippen LogP contribution >= 0.6 is 0 Å². The molecule has 0 saturated carbocycles. The SMILES string of the molecule is CC1(C)C(/C=C/C(=C/C=C2\N3CCCc4cccc(c43)C2(C)C)CCCO)=CN2CCc3cccc1c32. The van der Waals surface area contributed by atoms with Crippen LogP contribution in [0.2, 0.25) is 0 Å². The number of anilines is 2. The molecule has 3 heteroatoms. The van der Waals surface area contributed by atoms with E-state index in [0.29, 0.717) is 0 Å². The zero-order valence-electron chi connectivity index (χ0n) is 22.8. The van der Waals surface area contributed by atoms with Crippen LogP contribution in [-0.2, 0) is 23.7 Å². The standard InChI is InChI=1S/C34H40N2O/c1-33(2)27(23-35-21-19-26-11-6-13-28(33)31(26)35)17-15-24(9-8-22-37)16-18-30-34(3,4)29-14-5-10-25-12-7-20-36(30)32(25)29/h5-6,10-11,13-18,23,37H,7-9,12,19-22H2,1-4H3/b17-15+,24-16+,30-18-. The molecule has 4 heterocycles. The van der Waals surface area contributed by atoms with Crippen LogP contribution in [0.1, 0.15) is 69.2 Å². The fourth-order valence-corrected chi connectivity index (χ4v) is 6.91. The van der Waals surface area contributed by atoms with Gasteiger partial charge in [0.15, 0.2) is 0 Å². The fourth-order valence-electron chi connectivity index (χ4n) is 6.91. The quantitative estimate of drug-likeness (QED) is 0.436. The number of benzene rings is 2. The summed E-state index contributed by atoms with van der Waals surface area (Å²) in [5, 5.41) is 9.60. The Hall–Kier alpha value is -3.04. The summed E-state index contributed by atoms with van der Waals surface area (Å²) in [6.07, 6.45) is 16.8. The number of hydrogen-bond donors (Lipinski definition) is 1. The van der Waals surface area contributed by atoms with Gasteiger partial charge < -0.3 is 14.9 Å². The first-order valence-electron chi connectivity index (χ1n) is 14.0. The molecule has 6 rings (SSSR count). The summed E-state index contributed by atoms with van der Waals surface area (Å²) in [6.45, 7) is 11.8. The summed E-state index contributed by atoms with van der Waals surface area (Å²) in [5.41, 5.74) is 12.7. The van der Waals surface area contributed by atoms with E-state index in [9.17, 15) is 5.11 Å². The number of hydrogen-bond acceptors (Lipinski definition) is 3. The highest BCUT2D eigenvalue weighted by Gasteiger charge is 2.42. The van der Waals surface area contributed by atoms with E-state index < -0.39 is 0 Å². The second-order valence-electron chi connectivity index (χ2n) is 12.1. The molecule has 4 aliphatic heterocycles. The molecule has 2 aromatic carbocycles. The van der Waals surface area contributed by atoms with Crippen molar-refractivity contribution in [3.63, 3.8) is 0 Å². The molecule has 192 valence electrons. The number of aryl methyl sites for hydroxylation is 1. The van der Waals surface area contributed by atoms with Crippen LogP contribution in [0.15, 0.2) is 83.7 Å². The van der Waals surface area contributed by atoms with E-state index >= 15 is 0 Å². The highest BCUT2D eigenvalue weighted by Crippen LogP contribution is 2.51. The number of aliphatic hydroxyl groups excluding tert-OH is 1. The lowest BCUT2D eigenvalue weighted by molar-refractivity contribution is 0.289. The Kier molecular flexibility index (Phi) is 5.95. The molecule has 0 fully saturated rings. The Labute approximate surface area is 222 Å². The van der Waals surface area contributed by atoms with Gasteiger partial charge >= 0.3 is 0 Å². The van der Waals surface area contributed by atoms with Gasteiger partial charge in [0.1, 0.15) is 0 Å². The number of aliphatic hydroxyl groups is 1. The molecule has 0 unspecified atom stereocenters. The second kappa shape index (κ2) is 9.06. The summed E-state index contributed by atoms with van der Waals surface area (Å²) < 4.78 is 0. The van der Waals surface area contributed by atoms with Gasteiger partial charge in [0.05, 0.1) is 0 Å². The molecule has 0 saturated heterocycles. The van der Waals surface area contributed by atoms with E-state index in [4.69, 9.17) is 0 Å². The van der Waals surface area contributed by atoms with Crippen molar-refractivity contribution >= 4 is 11.4 Å². The van der Waals surface area contributed by atoms with E-state index in [1.54, 1.807) is 0 Å². The lowest BCUT2D eigenvalue weighted by atomic mass is 9.74. The molecule has 0 atom stereocenters. The largest absolute Gasteiger partial charge is 0.396 e. The zero-order valence-corrected chi connectivity index (χ0v) is 22.8. The lowest BCUT2D eigenvalue weighted by Crippen LogP contribution is -2.30. The topological polar surface area (TPSA) is 26.7 Å². The van der Waals surface area contributed by atoms with Gasteiger partial charge in [-0.05, 0) is 71.6 Å². The van der Waals surface area contributed by atoms with Crippen LogP contribution < -0.4 is 9.80 Å². The van der Waals surface area contributed by atoms with Crippen molar-refractivity contribution in [2.45, 2.75) is 70.6 Å². The zero-order chi connectivity index (χ0) is 25.8. The van der Waals surface area contributed by atoms with E-state index in [2.05, 4.69) is 104 Å². The van der Waals surface area contributed by atoms with Gasteiger partial charge in [-0.25, -0.2) is 0 Å². The first kappa shape index (κ1) is 24.3. The summed E-state index contributed by atoms with van der Waals surface area (Å²) >= 11 is 0. The van der Waals surface area contributed by atoms with Crippen molar-refractivity contribution in [3.8, 4) is 0 Å². The van der Waals surface area contributed by atoms with E-state index in [1.165, 1.54) is 63.3 Å². The van der Waals surface area contributed by atoms with Crippen molar-refractivity contribution < 1.29 is 5.11 Å². The summed E-state index contributed by atoms with van der Waals surface area (Å²) in [5.74, 6) is 0. The molecule has 0 bridgehead atoms. The first-order chi connectivity index (χ1) is 17.8. The molecule has 0 amide bonds. The van der Waals surface area contributed by atoms with Crippen LogP contribution in [0.5, 0.6) is 0 Å². The van der Waals surface area contributed by atoms with Gasteiger partial charge in [0, 0.05) is 53.8 Å². The summed E-state index contributed by atoms with van der Waals surface area (Å²) in [6, 6.07) is 13.6. The number of allylic oxidation sites excluding steroid dienone is 7. The van der Waals surface area contributed by atoms with E-state index in [1.807, 2.05) is 0 Å². The van der Waals surface area contributed by atoms with Gasteiger partial charge in [0.2, 0.25) is 0 Å². The minimum absolute atomic E-state index is 0.0109. The monoisotopic (exact) mass is 492 g/mol. The van der Waals surface area contributed by atoms with Crippen LogP contribution in [0.3, 0.4) is 0 Å². The fraction of sp³-hybridized carbons (Fsp3) is 0.412. The van der Waals surface area contributed by atoms with Crippen molar-refractivity contribution in [1.82, 2.24) is 0 Å². The van der Waals surface area contributed by atoms with Crippen LogP contribution in [0.4, 0.5) is 11.4 Å². The Morgan fingerprint density at radius 3 is 2.41 bits per heavy atom. The first-order valence-corrected chi connectivity index (χ1v) is 14.0. The van der Waals surface area contributed by atoms with E-state index in [-0.39, 0.29) is 17.4 Å². The van der Waals surface area contributed by atoms with Gasteiger partial charge in [-0.3, -0.25) is 0 Å². The van der Waals surface area contributed by atoms with Crippen LogP contribution in [0, 0.1) is 0 Å². The Morgan fingerprint density at radius 2 is 1.65 bits per heavy atom. The molecule has 3 nitrogen and oxygen atoms in total. The average molecular weight is 493 g/mol. The van der Waals surface area contributed by atoms with Crippen molar-refractivity contribution in [1.29, 1.82) is 0 Å². The van der Waals surface area contributed by atoms with Crippen molar-refractivity contribution in [2.75, 3.05) is 29.5 Å². The maximum atomic E-state index is 9.60. The maximum Gasteiger partial charge on any atom is 0.0483 e. The number of para-hydroxylation sites is 2. The molecule has 0 aromatic heterocycles. The van der Waals surface area contributed by atoms with Gasteiger partial charge in [-0.15, -0.1) is 0 Å². The molecule has 4 aliphatic rings. The van der Waals surface area contributed by atoms with Crippen molar-refractivity contribution in [2.24, 2.45) is 0 Å². The number of nitrogens with zero attached hydrogens (tertiary/aromatic N) is 2. The highest BCUT2D eigenvalue weighted by atomic mass is 16.2. The Morgan fingerprint density at radius 1 is 0.919 bits per heavy atom. The third kappa shape index (κ3) is 3.90. The predicted molar refractivity (Wildman–Crippen MR) is 155 cm³/mol. The maximum absolute atomic E-state index is 9.60. The van der Waals surface area contributed by atoms with Crippen LogP contribution in [-0.4, -0.2) is 24.8 Å². The van der Waals surface area contributed by atoms with E-state index in [0.717, 1.165) is 32.4 Å². The predicted octanol–water partition coefficient (Wildman–Crippen LogP) is 7.11. The van der Waals surface area contributed by atoms with Crippen molar-refractivity contribution in [3.05, 3.63) is 106 Å². The lowest BCUT2D eigenvalue weighted by Gasteiger charge is -2.37. The minimum Gasteiger partial charge on any atom is -0.396 e. The smallest absolute Gasteiger partial charge is 0.0483 e. The molecule has 1 N–H and O–H groups in total. The van der Waals surface area contributed by atoms with Gasteiger partial charge in [-0.2, -0.15) is 0 Å².